The molecular formula is C23H26ClNO2. The minimum absolute atomic E-state index is 0.0670. The fourth-order valence-corrected chi connectivity index (χ4v) is 5.04. The van der Waals surface area contributed by atoms with Crippen LogP contribution in [0.3, 0.4) is 0 Å². The average molecular weight is 384 g/mol. The Morgan fingerprint density at radius 3 is 2.52 bits per heavy atom. The number of ether oxygens (including phenoxy) is 1. The molecule has 1 aliphatic heterocycles. The number of hydrogen-bond acceptors (Lipinski definition) is 3. The number of halogens is 1. The third-order valence-corrected chi connectivity index (χ3v) is 6.35. The summed E-state index contributed by atoms with van der Waals surface area (Å²) in [5.74, 6) is 0.873. The second-order valence-electron chi connectivity index (χ2n) is 7.56. The third kappa shape index (κ3) is 3.51. The molecule has 1 heterocycles. The lowest BCUT2D eigenvalue weighted by atomic mass is 9.75. The number of methoxy groups -OCH3 is 1. The second-order valence-corrected chi connectivity index (χ2v) is 7.97. The first-order valence-corrected chi connectivity index (χ1v) is 10.3. The number of carbonyl (C=O) groups excluding carboxylic acids is 1. The van der Waals surface area contributed by atoms with Gasteiger partial charge in [-0.05, 0) is 56.5 Å². The van der Waals surface area contributed by atoms with E-state index >= 15 is 0 Å². The molecule has 1 fully saturated rings. The van der Waals surface area contributed by atoms with Crippen LogP contribution in [0.5, 0.6) is 5.75 Å². The van der Waals surface area contributed by atoms with E-state index in [0.717, 1.165) is 37.2 Å². The van der Waals surface area contributed by atoms with Crippen LogP contribution in [0.25, 0.3) is 0 Å². The van der Waals surface area contributed by atoms with Crippen LogP contribution in [0.4, 0.5) is 0 Å². The Labute approximate surface area is 166 Å². The fourth-order valence-electron chi connectivity index (χ4n) is 4.77. The summed E-state index contributed by atoms with van der Waals surface area (Å²) in [6.07, 6.45) is 5.35. The minimum Gasteiger partial charge on any atom is -0.496 e. The molecule has 4 rings (SSSR count). The van der Waals surface area contributed by atoms with Crippen LogP contribution in [0.15, 0.2) is 42.5 Å². The smallest absolute Gasteiger partial charge is 0.169 e. The van der Waals surface area contributed by atoms with Crippen molar-refractivity contribution in [2.24, 2.45) is 5.92 Å². The van der Waals surface area contributed by atoms with E-state index < -0.39 is 0 Å². The first-order valence-electron chi connectivity index (χ1n) is 9.89. The van der Waals surface area contributed by atoms with Gasteiger partial charge in [0.15, 0.2) is 5.78 Å². The normalized spacial score (nSPS) is 21.6. The molecule has 0 amide bonds. The quantitative estimate of drug-likeness (QED) is 0.715. The van der Waals surface area contributed by atoms with E-state index in [-0.39, 0.29) is 17.7 Å². The van der Waals surface area contributed by atoms with Crippen molar-refractivity contribution in [2.45, 2.75) is 38.1 Å². The zero-order valence-electron chi connectivity index (χ0n) is 15.8. The van der Waals surface area contributed by atoms with Gasteiger partial charge in [-0.2, -0.15) is 0 Å². The number of hydrogen-bond donors (Lipinski definition) is 0. The summed E-state index contributed by atoms with van der Waals surface area (Å²) >= 11 is 6.48. The van der Waals surface area contributed by atoms with Crippen LogP contribution in [0, 0.1) is 5.92 Å². The maximum atomic E-state index is 13.6. The average Bonchev–Trinajstić information content (AvgIpc) is 2.72. The van der Waals surface area contributed by atoms with Crippen molar-refractivity contribution in [2.75, 3.05) is 20.2 Å². The van der Waals surface area contributed by atoms with Crippen molar-refractivity contribution in [1.29, 1.82) is 0 Å². The highest BCUT2D eigenvalue weighted by atomic mass is 35.5. The predicted octanol–water partition coefficient (Wildman–Crippen LogP) is 5.32. The number of likely N-dealkylation sites (tertiary alicyclic amines) is 1. The van der Waals surface area contributed by atoms with E-state index in [0.29, 0.717) is 10.6 Å². The summed E-state index contributed by atoms with van der Waals surface area (Å²) in [5.41, 5.74) is 2.88. The summed E-state index contributed by atoms with van der Waals surface area (Å²) in [4.78, 5) is 16.1. The Morgan fingerprint density at radius 1 is 1.07 bits per heavy atom. The van der Waals surface area contributed by atoms with Crippen molar-refractivity contribution in [3.05, 3.63) is 64.2 Å². The molecule has 1 saturated heterocycles. The minimum atomic E-state index is -0.0670. The second kappa shape index (κ2) is 8.04. The molecule has 0 aromatic heterocycles. The Morgan fingerprint density at radius 2 is 1.81 bits per heavy atom. The molecule has 0 N–H and O–H groups in total. The molecule has 3 nitrogen and oxygen atoms in total. The topological polar surface area (TPSA) is 29.5 Å². The van der Waals surface area contributed by atoms with Crippen molar-refractivity contribution in [1.82, 2.24) is 4.90 Å². The number of carbonyl (C=O) groups is 1. The Kier molecular flexibility index (Phi) is 5.51. The lowest BCUT2D eigenvalue weighted by Gasteiger charge is -2.40. The van der Waals surface area contributed by atoms with Crippen LogP contribution in [-0.4, -0.2) is 30.9 Å². The van der Waals surface area contributed by atoms with E-state index in [1.807, 2.05) is 12.1 Å². The van der Waals surface area contributed by atoms with Gasteiger partial charge in [0, 0.05) is 23.1 Å². The maximum Gasteiger partial charge on any atom is 0.169 e. The molecule has 2 aliphatic rings. The summed E-state index contributed by atoms with van der Waals surface area (Å²) in [7, 11) is 1.65. The molecule has 142 valence electrons. The Balaban J connectivity index is 1.74. The summed E-state index contributed by atoms with van der Waals surface area (Å²) in [5, 5.41) is 0.547. The van der Waals surface area contributed by atoms with E-state index in [1.54, 1.807) is 13.2 Å². The van der Waals surface area contributed by atoms with E-state index in [1.165, 1.54) is 24.8 Å². The van der Waals surface area contributed by atoms with E-state index in [9.17, 15) is 4.79 Å². The molecule has 0 spiro atoms. The van der Waals surface area contributed by atoms with Gasteiger partial charge >= 0.3 is 0 Å². The number of ketones is 1. The van der Waals surface area contributed by atoms with Crippen molar-refractivity contribution >= 4 is 17.4 Å². The van der Waals surface area contributed by atoms with E-state index in [2.05, 4.69) is 29.2 Å². The fraction of sp³-hybridized carbons (Fsp3) is 0.435. The van der Waals surface area contributed by atoms with Crippen molar-refractivity contribution < 1.29 is 9.53 Å². The molecule has 0 saturated carbocycles. The highest BCUT2D eigenvalue weighted by Crippen LogP contribution is 2.43. The number of fused-ring (bicyclic) bond motifs is 1. The number of piperidine rings is 1. The molecule has 2 unspecified atom stereocenters. The molecule has 2 aromatic carbocycles. The number of benzene rings is 2. The number of Topliss-reactive ketones (excluding diaryl/α,β-unsaturated/α-hetero) is 1. The SMILES string of the molecule is COc1ccc(Cl)c2c1CCC(C(c1ccccc1)N1CCCCC1)C2=O. The highest BCUT2D eigenvalue weighted by molar-refractivity contribution is 6.34. The predicted molar refractivity (Wildman–Crippen MR) is 109 cm³/mol. The number of rotatable bonds is 4. The van der Waals surface area contributed by atoms with Crippen molar-refractivity contribution in [3.8, 4) is 5.75 Å². The van der Waals surface area contributed by atoms with Gasteiger partial charge in [-0.3, -0.25) is 9.69 Å². The van der Waals surface area contributed by atoms with Crippen LogP contribution in [0.1, 0.15) is 53.2 Å². The van der Waals surface area contributed by atoms with Crippen LogP contribution < -0.4 is 4.74 Å². The molecule has 27 heavy (non-hydrogen) atoms. The van der Waals surface area contributed by atoms with Crippen LogP contribution >= 0.6 is 11.6 Å². The number of nitrogens with zero attached hydrogens (tertiary/aromatic N) is 1. The van der Waals surface area contributed by atoms with Gasteiger partial charge in [0.05, 0.1) is 12.1 Å². The highest BCUT2D eigenvalue weighted by Gasteiger charge is 2.39. The lowest BCUT2D eigenvalue weighted by molar-refractivity contribution is 0.0690. The molecule has 0 bridgehead atoms. The van der Waals surface area contributed by atoms with Crippen LogP contribution in [0.2, 0.25) is 5.02 Å². The first kappa shape index (κ1) is 18.5. The molecule has 0 radical (unpaired) electrons. The Bertz CT molecular complexity index is 815. The van der Waals surface area contributed by atoms with Gasteiger partial charge in [-0.25, -0.2) is 0 Å². The molecule has 4 heteroatoms. The zero-order chi connectivity index (χ0) is 18.8. The summed E-state index contributed by atoms with van der Waals surface area (Å²) < 4.78 is 5.49. The van der Waals surface area contributed by atoms with Gasteiger partial charge in [-0.15, -0.1) is 0 Å². The molecule has 2 aromatic rings. The summed E-state index contributed by atoms with van der Waals surface area (Å²) in [6, 6.07) is 14.3. The Hall–Kier alpha value is -1.84. The summed E-state index contributed by atoms with van der Waals surface area (Å²) in [6.45, 7) is 2.12. The van der Waals surface area contributed by atoms with Gasteiger partial charge in [0.25, 0.3) is 0 Å². The first-order chi connectivity index (χ1) is 13.2. The zero-order valence-corrected chi connectivity index (χ0v) is 16.5. The lowest BCUT2D eigenvalue weighted by Crippen LogP contribution is -2.41. The molecule has 1 aliphatic carbocycles. The molecular weight excluding hydrogens is 358 g/mol. The van der Waals surface area contributed by atoms with Crippen LogP contribution in [-0.2, 0) is 6.42 Å². The third-order valence-electron chi connectivity index (χ3n) is 6.03. The monoisotopic (exact) mass is 383 g/mol. The largest absolute Gasteiger partial charge is 0.496 e. The van der Waals surface area contributed by atoms with Gasteiger partial charge in [-0.1, -0.05) is 48.4 Å². The van der Waals surface area contributed by atoms with Crippen molar-refractivity contribution in [3.63, 3.8) is 0 Å². The van der Waals surface area contributed by atoms with Gasteiger partial charge in [0.1, 0.15) is 5.75 Å². The maximum absolute atomic E-state index is 13.6. The van der Waals surface area contributed by atoms with Gasteiger partial charge < -0.3 is 4.74 Å². The van der Waals surface area contributed by atoms with E-state index in [4.69, 9.17) is 16.3 Å². The molecule has 2 atom stereocenters. The standard InChI is InChI=1S/C23H26ClNO2/c1-27-20-13-12-19(24)21-17(20)10-11-18(23(21)26)22(16-8-4-2-5-9-16)25-14-6-3-7-15-25/h2,4-5,8-9,12-13,18,22H,3,6-7,10-11,14-15H2,1H3. The van der Waals surface area contributed by atoms with Gasteiger partial charge in [0.2, 0.25) is 0 Å².